The fourth-order valence-electron chi connectivity index (χ4n) is 1.37. The Morgan fingerprint density at radius 3 is 2.94 bits per heavy atom. The molecule has 2 aromatic heterocycles. The molecule has 0 bridgehead atoms. The Hall–Kier alpha value is -2.18. The Bertz CT molecular complexity index is 529. The predicted molar refractivity (Wildman–Crippen MR) is 52.9 cm³/mol. The molecule has 0 aliphatic rings. The molecule has 0 saturated carbocycles. The third-order valence-corrected chi connectivity index (χ3v) is 2.04. The molecule has 2 aromatic rings. The van der Waals surface area contributed by atoms with Crippen molar-refractivity contribution < 1.29 is 14.4 Å². The van der Waals surface area contributed by atoms with E-state index >= 15 is 0 Å². The first-order chi connectivity index (χ1) is 7.61. The second kappa shape index (κ2) is 3.76. The summed E-state index contributed by atoms with van der Waals surface area (Å²) in [6, 6.07) is 1.77. The minimum absolute atomic E-state index is 0.167. The molecule has 0 aromatic carbocycles. The predicted octanol–water partition coefficient (Wildman–Crippen LogP) is 0.960. The van der Waals surface area contributed by atoms with E-state index < -0.39 is 5.97 Å². The van der Waals surface area contributed by atoms with E-state index in [2.05, 4.69) is 15.2 Å². The van der Waals surface area contributed by atoms with Gasteiger partial charge in [0.2, 0.25) is 0 Å². The zero-order valence-electron chi connectivity index (χ0n) is 8.84. The lowest BCUT2D eigenvalue weighted by Gasteiger charge is -1.97. The summed E-state index contributed by atoms with van der Waals surface area (Å²) < 4.78 is 6.54. The first-order valence-corrected chi connectivity index (χ1v) is 4.73. The van der Waals surface area contributed by atoms with Crippen LogP contribution in [0.1, 0.15) is 23.2 Å². The zero-order valence-corrected chi connectivity index (χ0v) is 8.84. The summed E-state index contributed by atoms with van der Waals surface area (Å²) in [5.74, 6) is -1.40. The van der Waals surface area contributed by atoms with E-state index in [9.17, 15) is 4.79 Å². The average molecular weight is 222 g/mol. The Labute approximate surface area is 90.7 Å². The molecule has 7 heteroatoms. The van der Waals surface area contributed by atoms with Crippen molar-refractivity contribution in [2.24, 2.45) is 0 Å². The summed E-state index contributed by atoms with van der Waals surface area (Å²) >= 11 is 0. The van der Waals surface area contributed by atoms with Crippen LogP contribution in [0.3, 0.4) is 0 Å². The molecule has 0 fully saturated rings. The van der Waals surface area contributed by atoms with Crippen LogP contribution in [0.2, 0.25) is 0 Å². The Morgan fingerprint density at radius 1 is 1.62 bits per heavy atom. The van der Waals surface area contributed by atoms with Crippen molar-refractivity contribution in [2.45, 2.75) is 20.4 Å². The van der Waals surface area contributed by atoms with Crippen molar-refractivity contribution in [1.82, 2.24) is 19.9 Å². The second-order valence-electron chi connectivity index (χ2n) is 3.22. The minimum Gasteiger partial charge on any atom is -0.475 e. The highest BCUT2D eigenvalue weighted by Gasteiger charge is 2.17. The van der Waals surface area contributed by atoms with Gasteiger partial charge in [-0.25, -0.2) is 4.79 Å². The first kappa shape index (κ1) is 10.3. The molecule has 2 rings (SSSR count). The van der Waals surface area contributed by atoms with Gasteiger partial charge >= 0.3 is 5.97 Å². The van der Waals surface area contributed by atoms with Crippen LogP contribution >= 0.6 is 0 Å². The van der Waals surface area contributed by atoms with Crippen LogP contribution in [0.15, 0.2) is 10.6 Å². The normalized spacial score (nSPS) is 10.6. The summed E-state index contributed by atoms with van der Waals surface area (Å²) in [6.45, 7) is 4.41. The SMILES string of the molecule is CCn1nc(C)cc1-c1nc(C(=O)O)no1. The summed E-state index contributed by atoms with van der Waals surface area (Å²) in [5, 5.41) is 16.2. The molecule has 0 spiro atoms. The number of aromatic nitrogens is 4. The molecule has 84 valence electrons. The molecule has 0 saturated heterocycles. The van der Waals surface area contributed by atoms with E-state index in [-0.39, 0.29) is 11.7 Å². The molecule has 0 aliphatic carbocycles. The van der Waals surface area contributed by atoms with Crippen LogP contribution in [0.25, 0.3) is 11.6 Å². The first-order valence-electron chi connectivity index (χ1n) is 4.73. The van der Waals surface area contributed by atoms with E-state index in [1.807, 2.05) is 13.8 Å². The van der Waals surface area contributed by atoms with Crippen molar-refractivity contribution in [2.75, 3.05) is 0 Å². The number of rotatable bonds is 3. The lowest BCUT2D eigenvalue weighted by molar-refractivity contribution is 0.0680. The third-order valence-electron chi connectivity index (χ3n) is 2.04. The van der Waals surface area contributed by atoms with Crippen molar-refractivity contribution in [3.8, 4) is 11.6 Å². The molecule has 0 amide bonds. The molecule has 0 unspecified atom stereocenters. The number of carbonyl (C=O) groups is 1. The second-order valence-corrected chi connectivity index (χ2v) is 3.22. The largest absolute Gasteiger partial charge is 0.475 e. The summed E-state index contributed by atoms with van der Waals surface area (Å²) in [6.07, 6.45) is 0. The number of hydrogen-bond donors (Lipinski definition) is 1. The van der Waals surface area contributed by atoms with Crippen LogP contribution in [-0.2, 0) is 6.54 Å². The molecule has 16 heavy (non-hydrogen) atoms. The van der Waals surface area contributed by atoms with Crippen molar-refractivity contribution in [3.05, 3.63) is 17.6 Å². The van der Waals surface area contributed by atoms with Gasteiger partial charge in [0.1, 0.15) is 5.69 Å². The Balaban J connectivity index is 2.45. The van der Waals surface area contributed by atoms with Crippen molar-refractivity contribution in [3.63, 3.8) is 0 Å². The number of carboxylic acids is 1. The maximum atomic E-state index is 10.6. The van der Waals surface area contributed by atoms with E-state index in [1.54, 1.807) is 10.7 Å². The number of hydrogen-bond acceptors (Lipinski definition) is 5. The van der Waals surface area contributed by atoms with E-state index in [1.165, 1.54) is 0 Å². The fourth-order valence-corrected chi connectivity index (χ4v) is 1.37. The molecule has 0 atom stereocenters. The third kappa shape index (κ3) is 1.67. The Kier molecular flexibility index (Phi) is 2.43. The molecule has 2 heterocycles. The summed E-state index contributed by atoms with van der Waals surface area (Å²) in [7, 11) is 0. The van der Waals surface area contributed by atoms with Crippen LogP contribution < -0.4 is 0 Å². The molecular formula is C9H10N4O3. The monoisotopic (exact) mass is 222 g/mol. The van der Waals surface area contributed by atoms with Crippen LogP contribution in [0, 0.1) is 6.92 Å². The number of aryl methyl sites for hydroxylation is 2. The van der Waals surface area contributed by atoms with E-state index in [0.29, 0.717) is 12.2 Å². The van der Waals surface area contributed by atoms with Crippen LogP contribution in [0.5, 0.6) is 0 Å². The average Bonchev–Trinajstić information content (AvgIpc) is 2.82. The van der Waals surface area contributed by atoms with Gasteiger partial charge in [0.15, 0.2) is 0 Å². The highest BCUT2D eigenvalue weighted by Crippen LogP contribution is 2.18. The minimum atomic E-state index is -1.21. The smallest absolute Gasteiger partial charge is 0.377 e. The molecular weight excluding hydrogens is 212 g/mol. The number of carboxylic acid groups (broad SMARTS) is 1. The van der Waals surface area contributed by atoms with Gasteiger partial charge in [-0.05, 0) is 25.1 Å². The lowest BCUT2D eigenvalue weighted by Crippen LogP contribution is -2.01. The zero-order chi connectivity index (χ0) is 11.7. The van der Waals surface area contributed by atoms with Gasteiger partial charge in [-0.3, -0.25) is 4.68 Å². The van der Waals surface area contributed by atoms with Gasteiger partial charge in [-0.15, -0.1) is 0 Å². The molecule has 7 nitrogen and oxygen atoms in total. The van der Waals surface area contributed by atoms with Gasteiger partial charge < -0.3 is 9.63 Å². The number of aromatic carboxylic acids is 1. The highest BCUT2D eigenvalue weighted by atomic mass is 16.5. The van der Waals surface area contributed by atoms with Gasteiger partial charge in [-0.1, -0.05) is 0 Å². The highest BCUT2D eigenvalue weighted by molar-refractivity contribution is 5.83. The Morgan fingerprint density at radius 2 is 2.38 bits per heavy atom. The van der Waals surface area contributed by atoms with Crippen molar-refractivity contribution >= 4 is 5.97 Å². The van der Waals surface area contributed by atoms with Gasteiger partial charge in [0, 0.05) is 6.54 Å². The van der Waals surface area contributed by atoms with Gasteiger partial charge in [0.25, 0.3) is 11.7 Å². The van der Waals surface area contributed by atoms with Crippen molar-refractivity contribution in [1.29, 1.82) is 0 Å². The molecule has 1 N–H and O–H groups in total. The number of nitrogens with zero attached hydrogens (tertiary/aromatic N) is 4. The summed E-state index contributed by atoms with van der Waals surface area (Å²) in [4.78, 5) is 14.4. The van der Waals surface area contributed by atoms with Crippen LogP contribution in [0.4, 0.5) is 0 Å². The molecule has 0 radical (unpaired) electrons. The van der Waals surface area contributed by atoms with Gasteiger partial charge in [0.05, 0.1) is 5.69 Å². The van der Waals surface area contributed by atoms with Gasteiger partial charge in [-0.2, -0.15) is 10.1 Å². The van der Waals surface area contributed by atoms with E-state index in [0.717, 1.165) is 5.69 Å². The maximum absolute atomic E-state index is 10.6. The maximum Gasteiger partial charge on any atom is 0.377 e. The van der Waals surface area contributed by atoms with E-state index in [4.69, 9.17) is 9.63 Å². The summed E-state index contributed by atoms with van der Waals surface area (Å²) in [5.41, 5.74) is 1.44. The lowest BCUT2D eigenvalue weighted by atomic mass is 10.3. The topological polar surface area (TPSA) is 94.0 Å². The molecule has 0 aliphatic heterocycles. The quantitative estimate of drug-likeness (QED) is 0.831. The van der Waals surface area contributed by atoms with Crippen LogP contribution in [-0.4, -0.2) is 31.0 Å². The standard InChI is InChI=1S/C9H10N4O3/c1-3-13-6(4-5(2)11-13)8-10-7(9(14)15)12-16-8/h4H,3H2,1-2H3,(H,14,15). The fraction of sp³-hybridized carbons (Fsp3) is 0.333.